The van der Waals surface area contributed by atoms with E-state index in [1.54, 1.807) is 18.3 Å². The van der Waals surface area contributed by atoms with Gasteiger partial charge in [0.2, 0.25) is 0 Å². The van der Waals surface area contributed by atoms with Gasteiger partial charge in [-0.05, 0) is 30.3 Å². The van der Waals surface area contributed by atoms with E-state index in [0.717, 1.165) is 10.2 Å². The maximum absolute atomic E-state index is 13.6. The van der Waals surface area contributed by atoms with Gasteiger partial charge in [-0.2, -0.15) is 5.10 Å². The first kappa shape index (κ1) is 20.8. The molecule has 0 atom stereocenters. The van der Waals surface area contributed by atoms with E-state index < -0.39 is 10.8 Å². The molecule has 0 spiro atoms. The van der Waals surface area contributed by atoms with Crippen LogP contribution in [0.2, 0.25) is 0 Å². The molecule has 0 aliphatic heterocycles. The average Bonchev–Trinajstić information content (AvgIpc) is 3.32. The van der Waals surface area contributed by atoms with Crippen LogP contribution in [0.15, 0.2) is 85.2 Å². The first-order valence-corrected chi connectivity index (χ1v) is 10.2. The lowest BCUT2D eigenvalue weighted by molar-refractivity contribution is -0.384. The molecule has 3 heterocycles. The molecule has 5 aromatic rings. The Hall–Kier alpha value is -5.05. The third kappa shape index (κ3) is 3.71. The van der Waals surface area contributed by atoms with Gasteiger partial charge in [0.1, 0.15) is 5.69 Å². The van der Waals surface area contributed by atoms with E-state index in [-0.39, 0.29) is 16.9 Å². The average molecular weight is 449 g/mol. The predicted molar refractivity (Wildman–Crippen MR) is 124 cm³/mol. The van der Waals surface area contributed by atoms with Gasteiger partial charge in [0.25, 0.3) is 11.6 Å². The van der Waals surface area contributed by atoms with Crippen molar-refractivity contribution in [2.75, 3.05) is 0 Å². The van der Waals surface area contributed by atoms with Crippen molar-refractivity contribution in [2.45, 2.75) is 0 Å². The summed E-state index contributed by atoms with van der Waals surface area (Å²) >= 11 is 0. The van der Waals surface area contributed by atoms with Crippen LogP contribution in [0.1, 0.15) is 20.7 Å². The summed E-state index contributed by atoms with van der Waals surface area (Å²) in [5, 5.41) is 16.0. The van der Waals surface area contributed by atoms with Crippen molar-refractivity contribution in [3.05, 3.63) is 106 Å². The minimum atomic E-state index is -0.515. The van der Waals surface area contributed by atoms with Crippen LogP contribution < -0.4 is 0 Å². The molecule has 9 heteroatoms. The summed E-state index contributed by atoms with van der Waals surface area (Å²) < 4.78 is 1.09. The number of fused-ring (bicyclic) bond motifs is 1. The molecule has 0 saturated heterocycles. The molecule has 0 N–H and O–H groups in total. The van der Waals surface area contributed by atoms with Gasteiger partial charge in [-0.3, -0.25) is 19.7 Å². The Labute approximate surface area is 192 Å². The number of benzene rings is 2. The number of carbonyl (C=O) groups excluding carboxylic acids is 2. The number of aromatic nitrogens is 4. The van der Waals surface area contributed by atoms with Crippen molar-refractivity contribution in [1.29, 1.82) is 0 Å². The van der Waals surface area contributed by atoms with Gasteiger partial charge in [0.15, 0.2) is 11.9 Å². The largest absolute Gasteiger partial charge is 0.298 e. The number of rotatable bonds is 5. The second-order valence-electron chi connectivity index (χ2n) is 7.41. The molecule has 0 saturated carbocycles. The van der Waals surface area contributed by atoms with Gasteiger partial charge in [0.05, 0.1) is 21.7 Å². The van der Waals surface area contributed by atoms with E-state index in [4.69, 9.17) is 0 Å². The van der Waals surface area contributed by atoms with Gasteiger partial charge in [-0.25, -0.2) is 14.6 Å². The molecule has 0 aliphatic rings. The second kappa shape index (κ2) is 8.47. The first-order valence-electron chi connectivity index (χ1n) is 10.2. The van der Waals surface area contributed by atoms with Crippen molar-refractivity contribution < 1.29 is 14.5 Å². The molecule has 0 unspecified atom stereocenters. The van der Waals surface area contributed by atoms with E-state index in [9.17, 15) is 19.7 Å². The summed E-state index contributed by atoms with van der Waals surface area (Å²) in [5.74, 6) is -0.478. The molecule has 0 radical (unpaired) electrons. The fourth-order valence-corrected chi connectivity index (χ4v) is 3.65. The smallest absolute Gasteiger partial charge is 0.280 e. The number of nitrogens with zero attached hydrogens (tertiary/aromatic N) is 5. The van der Waals surface area contributed by atoms with Crippen LogP contribution in [-0.2, 0) is 0 Å². The van der Waals surface area contributed by atoms with Gasteiger partial charge in [0, 0.05) is 41.0 Å². The van der Waals surface area contributed by atoms with E-state index in [0.29, 0.717) is 34.1 Å². The third-order valence-electron chi connectivity index (χ3n) is 5.30. The van der Waals surface area contributed by atoms with Crippen LogP contribution in [0.3, 0.4) is 0 Å². The monoisotopic (exact) mass is 449 g/mol. The predicted octanol–water partition coefficient (Wildman–Crippen LogP) is 4.57. The van der Waals surface area contributed by atoms with Crippen molar-refractivity contribution in [3.63, 3.8) is 0 Å². The van der Waals surface area contributed by atoms with Crippen molar-refractivity contribution >= 4 is 28.9 Å². The molecular formula is C25H15N5O4. The van der Waals surface area contributed by atoms with Crippen molar-refractivity contribution in [3.8, 4) is 22.5 Å². The minimum absolute atomic E-state index is 0.0877. The van der Waals surface area contributed by atoms with Crippen molar-refractivity contribution in [1.82, 2.24) is 19.7 Å². The quantitative estimate of drug-likeness (QED) is 0.219. The molecule has 34 heavy (non-hydrogen) atoms. The van der Waals surface area contributed by atoms with Crippen LogP contribution in [0.25, 0.3) is 33.5 Å². The zero-order valence-corrected chi connectivity index (χ0v) is 17.5. The number of hydrogen-bond acceptors (Lipinski definition) is 7. The number of nitro benzene ring substituents is 1. The highest BCUT2D eigenvalue weighted by Gasteiger charge is 2.21. The summed E-state index contributed by atoms with van der Waals surface area (Å²) in [7, 11) is 0. The molecule has 0 aliphatic carbocycles. The highest BCUT2D eigenvalue weighted by Crippen LogP contribution is 2.28. The van der Waals surface area contributed by atoms with Gasteiger partial charge in [-0.1, -0.05) is 30.3 Å². The zero-order chi connectivity index (χ0) is 23.7. The number of pyridine rings is 2. The molecule has 2 aromatic carbocycles. The molecule has 3 aromatic heterocycles. The Kier molecular flexibility index (Phi) is 5.19. The SMILES string of the molecule is O=Cc1cn(C(=O)c2cc3cccnc3nc2-c2ccccc2)nc1-c1ccc([N+](=O)[O-])cc1. The highest BCUT2D eigenvalue weighted by molar-refractivity contribution is 6.04. The minimum Gasteiger partial charge on any atom is -0.298 e. The van der Waals surface area contributed by atoms with Gasteiger partial charge < -0.3 is 0 Å². The summed E-state index contributed by atoms with van der Waals surface area (Å²) in [6, 6.07) is 20.1. The number of non-ortho nitro benzene ring substituents is 1. The van der Waals surface area contributed by atoms with Crippen LogP contribution in [0, 0.1) is 10.1 Å². The summed E-state index contributed by atoms with van der Waals surface area (Å²) in [5.41, 5.74) is 2.78. The molecule has 5 rings (SSSR count). The Morgan fingerprint density at radius 1 is 0.941 bits per heavy atom. The topological polar surface area (TPSA) is 121 Å². The van der Waals surface area contributed by atoms with Crippen LogP contribution in [-0.4, -0.2) is 36.9 Å². The first-order chi connectivity index (χ1) is 16.5. The van der Waals surface area contributed by atoms with E-state index in [2.05, 4.69) is 15.1 Å². The van der Waals surface area contributed by atoms with Crippen LogP contribution in [0.5, 0.6) is 0 Å². The summed E-state index contributed by atoms with van der Waals surface area (Å²) in [6.45, 7) is 0. The van der Waals surface area contributed by atoms with Crippen molar-refractivity contribution in [2.24, 2.45) is 0 Å². The summed E-state index contributed by atoms with van der Waals surface area (Å²) in [6.07, 6.45) is 3.56. The fraction of sp³-hybridized carbons (Fsp3) is 0. The number of aldehydes is 1. The second-order valence-corrected chi connectivity index (χ2v) is 7.41. The highest BCUT2D eigenvalue weighted by atomic mass is 16.6. The molecule has 164 valence electrons. The van der Waals surface area contributed by atoms with Crippen LogP contribution in [0.4, 0.5) is 5.69 Å². The number of carbonyl (C=O) groups is 2. The maximum Gasteiger partial charge on any atom is 0.280 e. The zero-order valence-electron chi connectivity index (χ0n) is 17.5. The molecule has 0 amide bonds. The van der Waals surface area contributed by atoms with E-state index in [1.165, 1.54) is 30.5 Å². The Balaban J connectivity index is 1.63. The van der Waals surface area contributed by atoms with Gasteiger partial charge >= 0.3 is 0 Å². The fourth-order valence-electron chi connectivity index (χ4n) is 3.65. The number of hydrogen-bond donors (Lipinski definition) is 0. The molecule has 0 bridgehead atoms. The Morgan fingerprint density at radius 3 is 2.38 bits per heavy atom. The molecular weight excluding hydrogens is 434 g/mol. The standard InChI is InChI=1S/C25H15N5O4/c31-15-19-14-29(28-22(19)17-8-10-20(11-9-17)30(33)34)25(32)21-13-18-7-4-12-26-24(18)27-23(21)16-5-2-1-3-6-16/h1-15H. The number of nitro groups is 1. The van der Waals surface area contributed by atoms with Gasteiger partial charge in [-0.15, -0.1) is 0 Å². The Bertz CT molecular complexity index is 1560. The lowest BCUT2D eigenvalue weighted by Crippen LogP contribution is -2.15. The lowest BCUT2D eigenvalue weighted by Gasteiger charge is -2.10. The third-order valence-corrected chi connectivity index (χ3v) is 5.30. The normalized spacial score (nSPS) is 10.8. The Morgan fingerprint density at radius 2 is 1.68 bits per heavy atom. The maximum atomic E-state index is 13.6. The van der Waals surface area contributed by atoms with E-state index in [1.807, 2.05) is 36.4 Å². The summed E-state index contributed by atoms with van der Waals surface area (Å²) in [4.78, 5) is 44.6. The van der Waals surface area contributed by atoms with Crippen LogP contribution >= 0.6 is 0 Å². The lowest BCUT2D eigenvalue weighted by atomic mass is 10.0. The molecule has 0 fully saturated rings. The van der Waals surface area contributed by atoms with E-state index >= 15 is 0 Å². The molecule has 9 nitrogen and oxygen atoms in total.